The first-order chi connectivity index (χ1) is 16.7. The Hall–Kier alpha value is -4.25. The standard InChI is InChI=1S/C24H21FN4O6/c1-26-22(32)16-19(30)17-18-20(13(9-27-17)8-12-2-4-14(25)5-3-12)35-15(10-29(18)23(16)33)21(31)28-11-24(34)6-7-24/h2-5,9-10,30,34H,6-8,11H2,1H3,(H,26,32)(H,28,31). The Balaban J connectivity index is 1.66. The average Bonchev–Trinajstić information content (AvgIpc) is 3.59. The molecule has 3 aromatic rings. The quantitative estimate of drug-likeness (QED) is 0.413. The number of hydrogen-bond donors (Lipinski definition) is 4. The number of nitrogens with one attached hydrogen (secondary N) is 2. The second-order valence-corrected chi connectivity index (χ2v) is 8.59. The number of benzene rings is 1. The van der Waals surface area contributed by atoms with E-state index in [9.17, 15) is 29.0 Å². The van der Waals surface area contributed by atoms with E-state index in [0.29, 0.717) is 24.0 Å². The number of pyridine rings is 2. The molecule has 5 rings (SSSR count). The molecule has 0 spiro atoms. The van der Waals surface area contributed by atoms with Gasteiger partial charge in [-0.2, -0.15) is 0 Å². The van der Waals surface area contributed by atoms with Crippen molar-refractivity contribution in [2.24, 2.45) is 0 Å². The molecule has 0 unspecified atom stereocenters. The van der Waals surface area contributed by atoms with E-state index in [2.05, 4.69) is 15.6 Å². The molecule has 11 heteroatoms. The first-order valence-electron chi connectivity index (χ1n) is 10.9. The smallest absolute Gasteiger partial charge is 0.288 e. The summed E-state index contributed by atoms with van der Waals surface area (Å²) in [6.45, 7) is 0.0154. The molecular weight excluding hydrogens is 459 g/mol. The van der Waals surface area contributed by atoms with Gasteiger partial charge in [0.2, 0.25) is 5.76 Å². The highest BCUT2D eigenvalue weighted by Gasteiger charge is 2.41. The van der Waals surface area contributed by atoms with Gasteiger partial charge in [-0.1, -0.05) is 12.1 Å². The van der Waals surface area contributed by atoms with Crippen LogP contribution in [-0.4, -0.2) is 50.8 Å². The second kappa shape index (κ2) is 8.20. The maximum Gasteiger partial charge on any atom is 0.288 e. The lowest BCUT2D eigenvalue weighted by atomic mass is 10.0. The second-order valence-electron chi connectivity index (χ2n) is 8.59. The fourth-order valence-corrected chi connectivity index (χ4v) is 3.89. The van der Waals surface area contributed by atoms with Crippen LogP contribution in [0.15, 0.2) is 41.0 Å². The lowest BCUT2D eigenvalue weighted by Gasteiger charge is -2.23. The number of amides is 2. The van der Waals surface area contributed by atoms with Crippen LogP contribution in [0.5, 0.6) is 11.5 Å². The van der Waals surface area contributed by atoms with Gasteiger partial charge in [-0.3, -0.25) is 23.9 Å². The number of nitrogens with zero attached hydrogens (tertiary/aromatic N) is 2. The predicted molar refractivity (Wildman–Crippen MR) is 122 cm³/mol. The number of carbonyl (C=O) groups is 2. The highest BCUT2D eigenvalue weighted by molar-refractivity contribution is 6.04. The van der Waals surface area contributed by atoms with Crippen molar-refractivity contribution in [2.45, 2.75) is 24.9 Å². The molecule has 4 N–H and O–H groups in total. The van der Waals surface area contributed by atoms with Crippen LogP contribution in [0.1, 0.15) is 34.3 Å². The van der Waals surface area contributed by atoms with Crippen LogP contribution in [-0.2, 0) is 11.2 Å². The molecule has 0 atom stereocenters. The van der Waals surface area contributed by atoms with E-state index < -0.39 is 40.1 Å². The molecule has 3 heterocycles. The molecule has 0 bridgehead atoms. The van der Waals surface area contributed by atoms with Crippen LogP contribution in [0.4, 0.5) is 4.39 Å². The Morgan fingerprint density at radius 2 is 1.94 bits per heavy atom. The number of aliphatic hydroxyl groups is 1. The van der Waals surface area contributed by atoms with Gasteiger partial charge in [-0.05, 0) is 30.5 Å². The summed E-state index contributed by atoms with van der Waals surface area (Å²) < 4.78 is 20.3. The number of carbonyl (C=O) groups excluding carboxylic acids is 2. The molecule has 10 nitrogen and oxygen atoms in total. The summed E-state index contributed by atoms with van der Waals surface area (Å²) in [6.07, 6.45) is 3.88. The van der Waals surface area contributed by atoms with E-state index in [0.717, 1.165) is 10.8 Å². The zero-order valence-electron chi connectivity index (χ0n) is 18.6. The van der Waals surface area contributed by atoms with Crippen molar-refractivity contribution < 1.29 is 28.9 Å². The zero-order valence-corrected chi connectivity index (χ0v) is 18.6. The third kappa shape index (κ3) is 3.99. The Kier molecular flexibility index (Phi) is 5.28. The monoisotopic (exact) mass is 480 g/mol. The van der Waals surface area contributed by atoms with Gasteiger partial charge in [0, 0.05) is 31.8 Å². The van der Waals surface area contributed by atoms with Crippen LogP contribution in [0.3, 0.4) is 0 Å². The molecule has 0 saturated heterocycles. The van der Waals surface area contributed by atoms with Gasteiger partial charge in [0.05, 0.1) is 11.8 Å². The highest BCUT2D eigenvalue weighted by Crippen LogP contribution is 2.38. The highest BCUT2D eigenvalue weighted by atomic mass is 19.1. The first kappa shape index (κ1) is 22.5. The van der Waals surface area contributed by atoms with Crippen LogP contribution >= 0.6 is 0 Å². The topological polar surface area (TPSA) is 143 Å². The molecule has 2 aliphatic rings. The molecule has 0 radical (unpaired) electrons. The van der Waals surface area contributed by atoms with Crippen LogP contribution < -0.4 is 20.9 Å². The third-order valence-corrected chi connectivity index (χ3v) is 6.06. The van der Waals surface area contributed by atoms with Crippen LogP contribution in [0.2, 0.25) is 0 Å². The van der Waals surface area contributed by atoms with Gasteiger partial charge < -0.3 is 25.6 Å². The van der Waals surface area contributed by atoms with Crippen molar-refractivity contribution in [1.29, 1.82) is 0 Å². The number of hydrogen-bond acceptors (Lipinski definition) is 7. The number of ether oxygens (including phenoxy) is 1. The summed E-state index contributed by atoms with van der Waals surface area (Å²) in [6, 6.07) is 5.76. The van der Waals surface area contributed by atoms with Gasteiger partial charge in [-0.15, -0.1) is 0 Å². The third-order valence-electron chi connectivity index (χ3n) is 6.06. The van der Waals surface area contributed by atoms with E-state index >= 15 is 0 Å². The maximum absolute atomic E-state index is 13.4. The summed E-state index contributed by atoms with van der Waals surface area (Å²) in [5.41, 5.74) is -1.16. The van der Waals surface area contributed by atoms with Gasteiger partial charge in [0.25, 0.3) is 17.4 Å². The Labute approximate surface area is 197 Å². The van der Waals surface area contributed by atoms with Crippen molar-refractivity contribution in [3.63, 3.8) is 0 Å². The number of aromatic hydroxyl groups is 1. The van der Waals surface area contributed by atoms with E-state index in [1.165, 1.54) is 25.4 Å². The SMILES string of the molecule is CNC(=O)c1c(O)c2ncc(Cc3ccc(F)cc3)c3c2n(c1=O)C=C(C(=O)NCC1(O)CC1)O3. The fourth-order valence-electron chi connectivity index (χ4n) is 3.89. The summed E-state index contributed by atoms with van der Waals surface area (Å²) in [5.74, 6) is -2.66. The number of rotatable bonds is 6. The van der Waals surface area contributed by atoms with Crippen molar-refractivity contribution in [3.05, 3.63) is 69.1 Å². The Morgan fingerprint density at radius 1 is 1.23 bits per heavy atom. The largest absolute Gasteiger partial charge is 0.505 e. The van der Waals surface area contributed by atoms with Gasteiger partial charge in [0.15, 0.2) is 11.5 Å². The van der Waals surface area contributed by atoms with Gasteiger partial charge >= 0.3 is 0 Å². The normalized spacial score (nSPS) is 15.2. The molecule has 180 valence electrons. The van der Waals surface area contributed by atoms with Crippen molar-refractivity contribution in [3.8, 4) is 11.5 Å². The van der Waals surface area contributed by atoms with Gasteiger partial charge in [-0.25, -0.2) is 4.39 Å². The maximum atomic E-state index is 13.4. The summed E-state index contributed by atoms with van der Waals surface area (Å²) in [7, 11) is 1.31. The molecule has 2 amide bonds. The fraction of sp³-hybridized carbons (Fsp3) is 0.250. The van der Waals surface area contributed by atoms with Crippen LogP contribution in [0.25, 0.3) is 17.2 Å². The van der Waals surface area contributed by atoms with E-state index in [4.69, 9.17) is 4.74 Å². The zero-order chi connectivity index (χ0) is 24.9. The molecule has 35 heavy (non-hydrogen) atoms. The van der Waals surface area contributed by atoms with E-state index in [1.54, 1.807) is 12.1 Å². The van der Waals surface area contributed by atoms with Gasteiger partial charge in [0.1, 0.15) is 22.4 Å². The van der Waals surface area contributed by atoms with E-state index in [1.807, 2.05) is 0 Å². The van der Waals surface area contributed by atoms with Crippen molar-refractivity contribution in [1.82, 2.24) is 20.2 Å². The lowest BCUT2D eigenvalue weighted by molar-refractivity contribution is -0.120. The Morgan fingerprint density at radius 3 is 2.60 bits per heavy atom. The molecule has 1 aromatic carbocycles. The lowest BCUT2D eigenvalue weighted by Crippen LogP contribution is -2.37. The van der Waals surface area contributed by atoms with Crippen LogP contribution in [0, 0.1) is 5.82 Å². The minimum absolute atomic E-state index is 0.0154. The van der Waals surface area contributed by atoms with E-state index in [-0.39, 0.29) is 35.5 Å². The minimum Gasteiger partial charge on any atom is -0.505 e. The minimum atomic E-state index is -0.949. The Bertz CT molecular complexity index is 1470. The van der Waals surface area contributed by atoms with Crippen molar-refractivity contribution >= 4 is 29.0 Å². The average molecular weight is 480 g/mol. The first-order valence-corrected chi connectivity index (χ1v) is 10.9. The van der Waals surface area contributed by atoms with Crippen molar-refractivity contribution in [2.75, 3.05) is 13.6 Å². The molecule has 1 fully saturated rings. The number of halogens is 1. The molecule has 2 aromatic heterocycles. The predicted octanol–water partition coefficient (Wildman–Crippen LogP) is 1.02. The summed E-state index contributed by atoms with van der Waals surface area (Å²) >= 11 is 0. The molecule has 1 aliphatic carbocycles. The molecular formula is C24H21FN4O6. The molecule has 1 saturated carbocycles. The summed E-state index contributed by atoms with van der Waals surface area (Å²) in [4.78, 5) is 42.7. The summed E-state index contributed by atoms with van der Waals surface area (Å²) in [5, 5.41) is 25.6. The number of aromatic nitrogens is 2. The molecule has 1 aliphatic heterocycles.